The van der Waals surface area contributed by atoms with Gasteiger partial charge in [-0.2, -0.15) is 5.26 Å². The molecule has 0 aliphatic heterocycles. The molecule has 1 heterocycles. The second kappa shape index (κ2) is 5.15. The van der Waals surface area contributed by atoms with Crippen LogP contribution in [0.1, 0.15) is 37.8 Å². The average Bonchev–Trinajstić information content (AvgIpc) is 3.14. The number of aromatic nitrogens is 1. The van der Waals surface area contributed by atoms with Gasteiger partial charge < -0.3 is 10.6 Å². The highest BCUT2D eigenvalue weighted by molar-refractivity contribution is 5.50. The largest absolute Gasteiger partial charge is 0.352 e. The molecule has 2 N–H and O–H groups in total. The summed E-state index contributed by atoms with van der Waals surface area (Å²) in [4.78, 5) is 6.69. The fourth-order valence-electron chi connectivity index (χ4n) is 2.02. The van der Waals surface area contributed by atoms with Gasteiger partial charge >= 0.3 is 0 Å². The SMILES string of the molecule is C[C@@H](N)c1cccnc1N(CCC#N)C1CC1. The first-order chi connectivity index (χ1) is 8.24. The second-order valence-electron chi connectivity index (χ2n) is 4.54. The Bertz CT molecular complexity index is 418. The Labute approximate surface area is 102 Å². The van der Waals surface area contributed by atoms with Gasteiger partial charge in [0.1, 0.15) is 5.82 Å². The van der Waals surface area contributed by atoms with Crippen LogP contribution < -0.4 is 10.6 Å². The van der Waals surface area contributed by atoms with E-state index >= 15 is 0 Å². The van der Waals surface area contributed by atoms with E-state index in [0.717, 1.165) is 17.9 Å². The predicted octanol–water partition coefficient (Wildman–Crippen LogP) is 1.98. The number of nitrogens with two attached hydrogens (primary N) is 1. The normalized spacial score (nSPS) is 16.3. The fraction of sp³-hybridized carbons (Fsp3) is 0.538. The van der Waals surface area contributed by atoms with Gasteiger partial charge in [0, 0.05) is 30.4 Å². The molecule has 0 radical (unpaired) electrons. The highest BCUT2D eigenvalue weighted by Crippen LogP contribution is 2.33. The summed E-state index contributed by atoms with van der Waals surface area (Å²) < 4.78 is 0. The van der Waals surface area contributed by atoms with Gasteiger partial charge in [0.25, 0.3) is 0 Å². The highest BCUT2D eigenvalue weighted by atomic mass is 15.2. The van der Waals surface area contributed by atoms with Gasteiger partial charge in [0.05, 0.1) is 12.5 Å². The Morgan fingerprint density at radius 2 is 2.41 bits per heavy atom. The van der Waals surface area contributed by atoms with Crippen molar-refractivity contribution in [3.05, 3.63) is 23.9 Å². The summed E-state index contributed by atoms with van der Waals surface area (Å²) in [6.45, 7) is 2.72. The maximum Gasteiger partial charge on any atom is 0.133 e. The zero-order chi connectivity index (χ0) is 12.3. The Morgan fingerprint density at radius 3 is 3.00 bits per heavy atom. The van der Waals surface area contributed by atoms with Gasteiger partial charge in [-0.05, 0) is 25.8 Å². The molecule has 0 bridgehead atoms. The number of hydrogen-bond acceptors (Lipinski definition) is 4. The van der Waals surface area contributed by atoms with Crippen LogP contribution in [0, 0.1) is 11.3 Å². The van der Waals surface area contributed by atoms with Crippen LogP contribution in [0.25, 0.3) is 0 Å². The van der Waals surface area contributed by atoms with E-state index in [2.05, 4.69) is 16.0 Å². The molecule has 90 valence electrons. The quantitative estimate of drug-likeness (QED) is 0.840. The number of rotatable bonds is 5. The highest BCUT2D eigenvalue weighted by Gasteiger charge is 2.31. The third kappa shape index (κ3) is 2.75. The minimum Gasteiger partial charge on any atom is -0.352 e. The third-order valence-electron chi connectivity index (χ3n) is 3.03. The summed E-state index contributed by atoms with van der Waals surface area (Å²) in [5.41, 5.74) is 7.04. The molecular formula is C13H18N4. The van der Waals surface area contributed by atoms with Crippen molar-refractivity contribution in [2.75, 3.05) is 11.4 Å². The maximum atomic E-state index is 8.72. The summed E-state index contributed by atoms with van der Waals surface area (Å²) in [7, 11) is 0. The minimum absolute atomic E-state index is 0.0259. The van der Waals surface area contributed by atoms with E-state index in [9.17, 15) is 0 Å². The number of hydrogen-bond donors (Lipinski definition) is 1. The lowest BCUT2D eigenvalue weighted by Gasteiger charge is -2.25. The molecule has 17 heavy (non-hydrogen) atoms. The molecule has 1 aromatic heterocycles. The molecule has 0 aromatic carbocycles. The Kier molecular flexibility index (Phi) is 3.60. The van der Waals surface area contributed by atoms with Gasteiger partial charge in [0.2, 0.25) is 0 Å². The van der Waals surface area contributed by atoms with Gasteiger partial charge in [-0.3, -0.25) is 0 Å². The number of anilines is 1. The predicted molar refractivity (Wildman–Crippen MR) is 67.4 cm³/mol. The molecule has 1 aliphatic rings. The smallest absolute Gasteiger partial charge is 0.133 e. The molecule has 0 unspecified atom stereocenters. The monoisotopic (exact) mass is 230 g/mol. The number of pyridine rings is 1. The van der Waals surface area contributed by atoms with E-state index < -0.39 is 0 Å². The number of nitrogens with zero attached hydrogens (tertiary/aromatic N) is 3. The van der Waals surface area contributed by atoms with Gasteiger partial charge in [-0.25, -0.2) is 4.98 Å². The van der Waals surface area contributed by atoms with Crippen LogP contribution in [0.3, 0.4) is 0 Å². The van der Waals surface area contributed by atoms with Gasteiger partial charge in [-0.1, -0.05) is 6.07 Å². The molecule has 2 rings (SSSR count). The molecule has 0 amide bonds. The summed E-state index contributed by atoms with van der Waals surface area (Å²) in [5.74, 6) is 0.959. The summed E-state index contributed by atoms with van der Waals surface area (Å²) in [6.07, 6.45) is 4.72. The first-order valence-corrected chi connectivity index (χ1v) is 6.08. The standard InChI is InChI=1S/C13H18N4/c1-10(15)12-4-2-8-16-13(12)17(9-3-7-14)11-5-6-11/h2,4,8,10-11H,3,5-6,9,15H2,1H3/t10-/m1/s1. The van der Waals surface area contributed by atoms with Crippen LogP contribution in [0.4, 0.5) is 5.82 Å². The van der Waals surface area contributed by atoms with E-state index in [-0.39, 0.29) is 6.04 Å². The third-order valence-corrected chi connectivity index (χ3v) is 3.03. The zero-order valence-corrected chi connectivity index (χ0v) is 10.1. The molecule has 0 saturated heterocycles. The average molecular weight is 230 g/mol. The van der Waals surface area contributed by atoms with Crippen molar-refractivity contribution in [2.45, 2.75) is 38.3 Å². The molecule has 1 aromatic rings. The first-order valence-electron chi connectivity index (χ1n) is 6.08. The van der Waals surface area contributed by atoms with E-state index in [1.807, 2.05) is 19.1 Å². The lowest BCUT2D eigenvalue weighted by atomic mass is 10.1. The zero-order valence-electron chi connectivity index (χ0n) is 10.1. The van der Waals surface area contributed by atoms with Crippen molar-refractivity contribution in [2.24, 2.45) is 5.73 Å². The summed E-state index contributed by atoms with van der Waals surface area (Å²) >= 11 is 0. The van der Waals surface area contributed by atoms with E-state index in [1.54, 1.807) is 6.20 Å². The van der Waals surface area contributed by atoms with Crippen molar-refractivity contribution in [1.82, 2.24) is 4.98 Å². The van der Waals surface area contributed by atoms with Crippen molar-refractivity contribution < 1.29 is 0 Å². The first kappa shape index (κ1) is 11.9. The Hall–Kier alpha value is -1.60. The molecule has 4 nitrogen and oxygen atoms in total. The Morgan fingerprint density at radius 1 is 1.65 bits per heavy atom. The van der Waals surface area contributed by atoms with Gasteiger partial charge in [-0.15, -0.1) is 0 Å². The van der Waals surface area contributed by atoms with E-state index in [1.165, 1.54) is 12.8 Å². The Balaban J connectivity index is 2.25. The number of nitriles is 1. The van der Waals surface area contributed by atoms with Crippen molar-refractivity contribution in [3.8, 4) is 6.07 Å². The van der Waals surface area contributed by atoms with Crippen LogP contribution in [0.15, 0.2) is 18.3 Å². The van der Waals surface area contributed by atoms with Crippen molar-refractivity contribution in [1.29, 1.82) is 5.26 Å². The van der Waals surface area contributed by atoms with Crippen molar-refractivity contribution >= 4 is 5.82 Å². The molecule has 0 spiro atoms. The van der Waals surface area contributed by atoms with Crippen LogP contribution in [-0.4, -0.2) is 17.6 Å². The second-order valence-corrected chi connectivity index (χ2v) is 4.54. The van der Waals surface area contributed by atoms with Crippen LogP contribution in [0.2, 0.25) is 0 Å². The topological polar surface area (TPSA) is 65.9 Å². The van der Waals surface area contributed by atoms with Crippen LogP contribution >= 0.6 is 0 Å². The summed E-state index contributed by atoms with van der Waals surface area (Å²) in [6, 6.07) is 6.66. The molecule has 1 fully saturated rings. The lowest BCUT2D eigenvalue weighted by Crippen LogP contribution is -2.29. The van der Waals surface area contributed by atoms with Gasteiger partial charge in [0.15, 0.2) is 0 Å². The molecular weight excluding hydrogens is 212 g/mol. The van der Waals surface area contributed by atoms with Crippen LogP contribution in [-0.2, 0) is 0 Å². The van der Waals surface area contributed by atoms with E-state index in [0.29, 0.717) is 12.5 Å². The fourth-order valence-corrected chi connectivity index (χ4v) is 2.02. The summed E-state index contributed by atoms with van der Waals surface area (Å²) in [5, 5.41) is 8.72. The van der Waals surface area contributed by atoms with Crippen LogP contribution in [0.5, 0.6) is 0 Å². The van der Waals surface area contributed by atoms with E-state index in [4.69, 9.17) is 11.0 Å². The lowest BCUT2D eigenvalue weighted by molar-refractivity contribution is 0.743. The molecule has 1 aliphatic carbocycles. The maximum absolute atomic E-state index is 8.72. The molecule has 1 atom stereocenters. The minimum atomic E-state index is -0.0259. The molecule has 1 saturated carbocycles. The van der Waals surface area contributed by atoms with Crippen molar-refractivity contribution in [3.63, 3.8) is 0 Å². The molecule has 4 heteroatoms.